The third-order valence-corrected chi connectivity index (χ3v) is 2.57. The predicted octanol–water partition coefficient (Wildman–Crippen LogP) is 1.66. The summed E-state index contributed by atoms with van der Waals surface area (Å²) in [5, 5.41) is 20.4. The molecule has 0 saturated carbocycles. The number of carbonyl (C=O) groups excluding carboxylic acids is 1. The molecule has 20 heavy (non-hydrogen) atoms. The van der Waals surface area contributed by atoms with Gasteiger partial charge in [0.15, 0.2) is 0 Å². The van der Waals surface area contributed by atoms with Crippen molar-refractivity contribution >= 4 is 17.4 Å². The van der Waals surface area contributed by atoms with Crippen molar-refractivity contribution in [2.75, 3.05) is 11.1 Å². The molecule has 6 heteroatoms. The van der Waals surface area contributed by atoms with Crippen LogP contribution in [0.2, 0.25) is 0 Å². The number of nitrogens with one attached hydrogen (secondary N) is 1. The van der Waals surface area contributed by atoms with Crippen LogP contribution in [0.3, 0.4) is 0 Å². The van der Waals surface area contributed by atoms with E-state index in [1.54, 1.807) is 12.1 Å². The van der Waals surface area contributed by atoms with E-state index in [0.717, 1.165) is 0 Å². The lowest BCUT2D eigenvalue weighted by Crippen LogP contribution is -2.12. The van der Waals surface area contributed by atoms with Gasteiger partial charge < -0.3 is 11.1 Å². The molecule has 0 unspecified atom stereocenters. The highest BCUT2D eigenvalue weighted by atomic mass is 16.1. The quantitative estimate of drug-likeness (QED) is 0.854. The number of rotatable bonds is 2. The Balaban J connectivity index is 2.23. The zero-order chi connectivity index (χ0) is 14.5. The molecule has 96 valence electrons. The van der Waals surface area contributed by atoms with Crippen LogP contribution in [0.1, 0.15) is 21.5 Å². The lowest BCUT2D eigenvalue weighted by molar-refractivity contribution is 0.102. The fourth-order valence-corrected chi connectivity index (χ4v) is 1.55. The fourth-order valence-electron chi connectivity index (χ4n) is 1.55. The minimum Gasteiger partial charge on any atom is -0.384 e. The normalized spacial score (nSPS) is 9.30. The van der Waals surface area contributed by atoms with Gasteiger partial charge in [-0.05, 0) is 30.3 Å². The predicted molar refractivity (Wildman–Crippen MR) is 72.5 cm³/mol. The second-order valence-electron chi connectivity index (χ2n) is 3.91. The Morgan fingerprint density at radius 3 is 2.50 bits per heavy atom. The van der Waals surface area contributed by atoms with E-state index in [9.17, 15) is 4.79 Å². The number of nitrogen functional groups attached to an aromatic ring is 1. The van der Waals surface area contributed by atoms with Crippen LogP contribution in [0.4, 0.5) is 11.5 Å². The molecule has 0 radical (unpaired) electrons. The molecule has 0 fully saturated rings. The van der Waals surface area contributed by atoms with E-state index < -0.39 is 0 Å². The molecule has 0 bridgehead atoms. The maximum Gasteiger partial charge on any atom is 0.257 e. The van der Waals surface area contributed by atoms with Crippen LogP contribution in [0.25, 0.3) is 0 Å². The van der Waals surface area contributed by atoms with Crippen molar-refractivity contribution in [2.24, 2.45) is 0 Å². The molecule has 0 saturated heterocycles. The summed E-state index contributed by atoms with van der Waals surface area (Å²) in [6, 6.07) is 11.4. The molecule has 2 rings (SSSR count). The highest BCUT2D eigenvalue weighted by Crippen LogP contribution is 2.15. The number of carbonyl (C=O) groups is 1. The average molecular weight is 263 g/mol. The SMILES string of the molecule is N#Cc1ccc(NC(=O)c2ccc(N)nc2)cc1C#N. The van der Waals surface area contributed by atoms with Gasteiger partial charge in [0, 0.05) is 11.9 Å². The van der Waals surface area contributed by atoms with Crippen molar-refractivity contribution in [1.29, 1.82) is 10.5 Å². The van der Waals surface area contributed by atoms with Gasteiger partial charge >= 0.3 is 0 Å². The first-order chi connectivity index (χ1) is 9.63. The molecule has 1 amide bonds. The van der Waals surface area contributed by atoms with Gasteiger partial charge in [-0.15, -0.1) is 0 Å². The van der Waals surface area contributed by atoms with Crippen molar-refractivity contribution in [2.45, 2.75) is 0 Å². The summed E-state index contributed by atoms with van der Waals surface area (Å²) in [4.78, 5) is 15.8. The molecule has 1 heterocycles. The molecule has 0 aliphatic carbocycles. The summed E-state index contributed by atoms with van der Waals surface area (Å²) < 4.78 is 0. The van der Waals surface area contributed by atoms with Crippen molar-refractivity contribution in [3.8, 4) is 12.1 Å². The molecular formula is C14H9N5O. The molecule has 1 aromatic heterocycles. The van der Waals surface area contributed by atoms with Crippen molar-refractivity contribution in [3.05, 3.63) is 53.2 Å². The molecule has 3 N–H and O–H groups in total. The topological polar surface area (TPSA) is 116 Å². The van der Waals surface area contributed by atoms with E-state index in [-0.39, 0.29) is 17.0 Å². The molecule has 6 nitrogen and oxygen atoms in total. The van der Waals surface area contributed by atoms with Gasteiger partial charge in [-0.2, -0.15) is 10.5 Å². The lowest BCUT2D eigenvalue weighted by Gasteiger charge is -2.06. The lowest BCUT2D eigenvalue weighted by atomic mass is 10.1. The molecule has 0 aliphatic rings. The zero-order valence-corrected chi connectivity index (χ0v) is 10.3. The summed E-state index contributed by atoms with van der Waals surface area (Å²) in [6.45, 7) is 0. The van der Waals surface area contributed by atoms with Gasteiger partial charge in [-0.25, -0.2) is 4.98 Å². The first kappa shape index (κ1) is 13.1. The second kappa shape index (κ2) is 5.51. The summed E-state index contributed by atoms with van der Waals surface area (Å²) in [5.41, 5.74) is 6.69. The van der Waals surface area contributed by atoms with Gasteiger partial charge in [-0.1, -0.05) is 0 Å². The van der Waals surface area contributed by atoms with Crippen LogP contribution in [-0.2, 0) is 0 Å². The molecule has 0 spiro atoms. The Morgan fingerprint density at radius 2 is 1.90 bits per heavy atom. The van der Waals surface area contributed by atoms with Crippen LogP contribution >= 0.6 is 0 Å². The van der Waals surface area contributed by atoms with Crippen molar-refractivity contribution in [3.63, 3.8) is 0 Å². The number of nitrogens with two attached hydrogens (primary N) is 1. The fraction of sp³-hybridized carbons (Fsp3) is 0. The molecule has 0 aliphatic heterocycles. The third-order valence-electron chi connectivity index (χ3n) is 2.57. The largest absolute Gasteiger partial charge is 0.384 e. The molecular weight excluding hydrogens is 254 g/mol. The van der Waals surface area contributed by atoms with Crippen LogP contribution in [0, 0.1) is 22.7 Å². The van der Waals surface area contributed by atoms with Gasteiger partial charge in [0.25, 0.3) is 5.91 Å². The summed E-state index contributed by atoms with van der Waals surface area (Å²) in [5.74, 6) is -0.0437. The van der Waals surface area contributed by atoms with Gasteiger partial charge in [0.2, 0.25) is 0 Å². The van der Waals surface area contributed by atoms with Crippen LogP contribution in [-0.4, -0.2) is 10.9 Å². The van der Waals surface area contributed by atoms with E-state index in [0.29, 0.717) is 17.1 Å². The highest BCUT2D eigenvalue weighted by Gasteiger charge is 2.08. The second-order valence-corrected chi connectivity index (χ2v) is 3.91. The summed E-state index contributed by atoms with van der Waals surface area (Å²) >= 11 is 0. The highest BCUT2D eigenvalue weighted by molar-refractivity contribution is 6.04. The first-order valence-corrected chi connectivity index (χ1v) is 5.61. The minimum absolute atomic E-state index is 0.209. The van der Waals surface area contributed by atoms with E-state index >= 15 is 0 Å². The first-order valence-electron chi connectivity index (χ1n) is 5.61. The number of pyridine rings is 1. The number of hydrogen-bond donors (Lipinski definition) is 2. The van der Waals surface area contributed by atoms with Crippen LogP contribution in [0.5, 0.6) is 0 Å². The van der Waals surface area contributed by atoms with E-state index in [4.69, 9.17) is 16.3 Å². The van der Waals surface area contributed by atoms with E-state index in [1.165, 1.54) is 24.4 Å². The van der Waals surface area contributed by atoms with Crippen molar-refractivity contribution in [1.82, 2.24) is 4.98 Å². The maximum atomic E-state index is 11.9. The van der Waals surface area contributed by atoms with Gasteiger partial charge in [0.1, 0.15) is 18.0 Å². The van der Waals surface area contributed by atoms with Crippen LogP contribution < -0.4 is 11.1 Å². The number of amides is 1. The summed E-state index contributed by atoms with van der Waals surface area (Å²) in [7, 11) is 0. The maximum absolute atomic E-state index is 11.9. The Kier molecular flexibility index (Phi) is 3.60. The Labute approximate surface area is 115 Å². The third kappa shape index (κ3) is 2.71. The molecule has 0 atom stereocenters. The Morgan fingerprint density at radius 1 is 1.15 bits per heavy atom. The zero-order valence-electron chi connectivity index (χ0n) is 10.3. The van der Waals surface area contributed by atoms with Gasteiger partial charge in [0.05, 0.1) is 16.7 Å². The molecule has 2 aromatic rings. The van der Waals surface area contributed by atoms with E-state index in [1.807, 2.05) is 12.1 Å². The summed E-state index contributed by atoms with van der Waals surface area (Å²) in [6.07, 6.45) is 1.36. The molecule has 1 aromatic carbocycles. The smallest absolute Gasteiger partial charge is 0.257 e. The Hall–Kier alpha value is -3.38. The number of aromatic nitrogens is 1. The number of hydrogen-bond acceptors (Lipinski definition) is 5. The number of nitrogens with zero attached hydrogens (tertiary/aromatic N) is 3. The monoisotopic (exact) mass is 263 g/mol. The van der Waals surface area contributed by atoms with E-state index in [2.05, 4.69) is 10.3 Å². The standard InChI is InChI=1S/C14H9N5O/c15-6-9-1-3-12(5-11(9)7-16)19-14(20)10-2-4-13(17)18-8-10/h1-5,8H,(H2,17,18)(H,19,20). The average Bonchev–Trinajstić information content (AvgIpc) is 2.47. The number of benzene rings is 1. The van der Waals surface area contributed by atoms with Crippen LogP contribution in [0.15, 0.2) is 36.5 Å². The Bertz CT molecular complexity index is 738. The van der Waals surface area contributed by atoms with Crippen molar-refractivity contribution < 1.29 is 4.79 Å². The minimum atomic E-state index is -0.369. The number of anilines is 2. The van der Waals surface area contributed by atoms with Gasteiger partial charge in [-0.3, -0.25) is 4.79 Å². The number of nitriles is 2.